The van der Waals surface area contributed by atoms with Crippen LogP contribution in [0.15, 0.2) is 121 Å². The van der Waals surface area contributed by atoms with Gasteiger partial charge in [0.15, 0.2) is 34.6 Å². The Morgan fingerprint density at radius 3 is 1.44 bits per heavy atom. The second-order valence-electron chi connectivity index (χ2n) is 18.1. The fourth-order valence-corrected chi connectivity index (χ4v) is 10.4. The molecule has 0 fully saturated rings. The van der Waals surface area contributed by atoms with Gasteiger partial charge in [-0.2, -0.15) is 29.3 Å². The number of aryl methyl sites for hydroxylation is 6. The average molecular weight is 1130 g/mol. The van der Waals surface area contributed by atoms with Gasteiger partial charge in [-0.15, -0.1) is 32.9 Å². The highest BCUT2D eigenvalue weighted by Gasteiger charge is 2.19. The van der Waals surface area contributed by atoms with Crippen molar-refractivity contribution in [2.45, 2.75) is 59.3 Å². The molecule has 0 saturated heterocycles. The summed E-state index contributed by atoms with van der Waals surface area (Å²) in [5.41, 5.74) is 11.1. The van der Waals surface area contributed by atoms with E-state index >= 15 is 0 Å². The second kappa shape index (κ2) is 25.5. The topological polar surface area (TPSA) is 241 Å². The molecule has 81 heavy (non-hydrogen) atoms. The zero-order valence-corrected chi connectivity index (χ0v) is 47.2. The lowest BCUT2D eigenvalue weighted by atomic mass is 10.1. The molecule has 0 aliphatic carbocycles. The summed E-state index contributed by atoms with van der Waals surface area (Å²) in [5, 5.41) is 14.3. The number of fused-ring (bicyclic) bond motifs is 2. The van der Waals surface area contributed by atoms with Crippen LogP contribution in [0.25, 0.3) is 32.1 Å². The zero-order chi connectivity index (χ0) is 56.2. The van der Waals surface area contributed by atoms with E-state index in [9.17, 15) is 0 Å². The third-order valence-corrected chi connectivity index (χ3v) is 14.6. The molecule has 0 amide bonds. The smallest absolute Gasteiger partial charge is 0.243 e. The van der Waals surface area contributed by atoms with E-state index in [1.54, 1.807) is 86.6 Å². The minimum Gasteiger partial charge on any atom is -0.497 e. The Hall–Kier alpha value is -9.48. The Labute approximate surface area is 474 Å². The van der Waals surface area contributed by atoms with Gasteiger partial charge >= 0.3 is 0 Å². The number of nitrogens with zero attached hydrogens (tertiary/aromatic N) is 12. The van der Waals surface area contributed by atoms with Crippen LogP contribution >= 0.6 is 22.7 Å². The summed E-state index contributed by atoms with van der Waals surface area (Å²) >= 11 is 3.20. The van der Waals surface area contributed by atoms with Crippen LogP contribution in [0.4, 0.5) is 11.9 Å². The first-order valence-corrected chi connectivity index (χ1v) is 27.3. The lowest BCUT2D eigenvalue weighted by molar-refractivity contribution is 0.292. The number of nitrogen functional groups attached to an aromatic ring is 1. The predicted octanol–water partition coefficient (Wildman–Crippen LogP) is 9.92. The zero-order valence-electron chi connectivity index (χ0n) is 45.6. The summed E-state index contributed by atoms with van der Waals surface area (Å²) in [5.74, 6) is 8.67. The SMILES string of the molecule is COc1ccc(CCc2nc(N)nn2-c2cc(OCc3nc4ccccc4s3)nc(C)n2)cc1OC.COc1ccc(CNc2nc(CCc3ccc(OC)c(OC)c3)n(-c3cc(OCc4nc5ccccc5s4)nc(C)n3)n2)cc1. The summed E-state index contributed by atoms with van der Waals surface area (Å²) in [4.78, 5) is 36.7. The summed E-state index contributed by atoms with van der Waals surface area (Å²) in [6, 6.07) is 39.1. The molecule has 0 aliphatic heterocycles. The number of hydrogen-bond acceptors (Lipinski definition) is 21. The van der Waals surface area contributed by atoms with Gasteiger partial charge in [0.1, 0.15) is 52.3 Å². The monoisotopic (exact) mass is 1130 g/mol. The molecule has 21 nitrogen and oxygen atoms in total. The van der Waals surface area contributed by atoms with E-state index < -0.39 is 0 Å². The molecule has 0 saturated carbocycles. The van der Waals surface area contributed by atoms with Crippen molar-refractivity contribution in [2.75, 3.05) is 46.6 Å². The van der Waals surface area contributed by atoms with Crippen LogP contribution in [0, 0.1) is 13.8 Å². The van der Waals surface area contributed by atoms with Crippen molar-refractivity contribution in [1.82, 2.24) is 59.4 Å². The number of aromatic nitrogens is 12. The molecule has 0 radical (unpaired) electrons. The molecule has 414 valence electrons. The maximum absolute atomic E-state index is 6.10. The molecular formula is C58H58N14O7S2. The van der Waals surface area contributed by atoms with E-state index in [1.807, 2.05) is 110 Å². The Morgan fingerprint density at radius 1 is 0.469 bits per heavy atom. The molecule has 6 aromatic heterocycles. The highest BCUT2D eigenvalue weighted by molar-refractivity contribution is 7.18. The van der Waals surface area contributed by atoms with Crippen molar-refractivity contribution >= 4 is 55.0 Å². The van der Waals surface area contributed by atoms with Gasteiger partial charge < -0.3 is 44.2 Å². The fraction of sp³-hybridized carbons (Fsp3) is 0.241. The van der Waals surface area contributed by atoms with Gasteiger partial charge in [0.05, 0.1) is 56.0 Å². The number of hydrogen-bond donors (Lipinski definition) is 2. The number of nitrogens with two attached hydrogens (primary N) is 1. The van der Waals surface area contributed by atoms with E-state index in [4.69, 9.17) is 49.0 Å². The Morgan fingerprint density at radius 2 is 0.951 bits per heavy atom. The average Bonchev–Trinajstić information content (AvgIpc) is 4.43. The Balaban J connectivity index is 0.000000186. The number of nitrogens with one attached hydrogen (secondary N) is 1. The van der Waals surface area contributed by atoms with E-state index in [2.05, 4.69) is 51.4 Å². The lowest BCUT2D eigenvalue weighted by Gasteiger charge is -2.10. The highest BCUT2D eigenvalue weighted by Crippen LogP contribution is 2.31. The number of benzene rings is 5. The van der Waals surface area contributed by atoms with Crippen LogP contribution in [0.5, 0.6) is 40.5 Å². The number of methoxy groups -OCH3 is 5. The van der Waals surface area contributed by atoms with Gasteiger partial charge in [0, 0.05) is 31.5 Å². The first-order valence-electron chi connectivity index (χ1n) is 25.7. The lowest BCUT2D eigenvalue weighted by Crippen LogP contribution is -2.09. The van der Waals surface area contributed by atoms with Crippen LogP contribution in [-0.2, 0) is 45.4 Å². The summed E-state index contributed by atoms with van der Waals surface area (Å²) in [7, 11) is 8.14. The normalized spacial score (nSPS) is 11.0. The number of ether oxygens (including phenoxy) is 7. The quantitative estimate of drug-likeness (QED) is 0.0641. The van der Waals surface area contributed by atoms with Crippen molar-refractivity contribution in [3.05, 3.63) is 171 Å². The molecule has 0 spiro atoms. The second-order valence-corrected chi connectivity index (χ2v) is 20.3. The standard InChI is InChI=1S/C33H33N7O4S.C25H25N7O3S/c1-21-35-30(18-31(36-21)44-20-32-37-25-7-5-6-8-28(25)45-32)40-29(16-12-22-11-15-26(42-3)27(17-22)43-4)38-33(39-40)34-19-23-9-13-24(41-2)14-10-23;1-15-27-22(13-23(28-15)35-14-24-29-17-6-4-5-7-20(17)36-24)32-21(30-25(26)31-32)11-9-16-8-10-18(33-2)19(12-16)34-3/h5-11,13-15,17-18H,12,16,19-20H2,1-4H3,(H,34,39);4-8,10,12-13H,9,11,14H2,1-3H3,(H2,26,31). The molecule has 0 unspecified atom stereocenters. The van der Waals surface area contributed by atoms with Crippen molar-refractivity contribution in [3.8, 4) is 52.1 Å². The van der Waals surface area contributed by atoms with Crippen LogP contribution in [-0.4, -0.2) is 95.0 Å². The predicted molar refractivity (Wildman–Crippen MR) is 310 cm³/mol. The van der Waals surface area contributed by atoms with E-state index in [1.165, 1.54) is 0 Å². The summed E-state index contributed by atoms with van der Waals surface area (Å²) < 4.78 is 44.6. The minimum absolute atomic E-state index is 0.172. The van der Waals surface area contributed by atoms with Crippen LogP contribution in [0.2, 0.25) is 0 Å². The van der Waals surface area contributed by atoms with Gasteiger partial charge in [0.25, 0.3) is 0 Å². The van der Waals surface area contributed by atoms with E-state index in [0.717, 1.165) is 58.7 Å². The Bertz CT molecular complexity index is 3860. The van der Waals surface area contributed by atoms with Crippen LogP contribution in [0.3, 0.4) is 0 Å². The van der Waals surface area contributed by atoms with Gasteiger partial charge in [0.2, 0.25) is 23.7 Å². The molecule has 0 atom stereocenters. The molecule has 0 bridgehead atoms. The molecule has 5 aromatic carbocycles. The van der Waals surface area contributed by atoms with Crippen LogP contribution < -0.4 is 44.2 Å². The van der Waals surface area contributed by atoms with Gasteiger partial charge in [-0.05, 0) is 104 Å². The third-order valence-electron chi connectivity index (χ3n) is 12.5. The third kappa shape index (κ3) is 13.7. The van der Waals surface area contributed by atoms with Crippen molar-refractivity contribution in [3.63, 3.8) is 0 Å². The molecule has 11 rings (SSSR count). The molecule has 0 aliphatic rings. The number of anilines is 2. The number of thiazole rings is 2. The molecule has 11 aromatic rings. The highest BCUT2D eigenvalue weighted by atomic mass is 32.1. The number of para-hydroxylation sites is 2. The largest absolute Gasteiger partial charge is 0.497 e. The van der Waals surface area contributed by atoms with Gasteiger partial charge in [-0.1, -0.05) is 48.5 Å². The van der Waals surface area contributed by atoms with Gasteiger partial charge in [-0.25, -0.2) is 19.9 Å². The van der Waals surface area contributed by atoms with Gasteiger partial charge in [-0.3, -0.25) is 0 Å². The summed E-state index contributed by atoms with van der Waals surface area (Å²) in [6.07, 6.45) is 2.58. The van der Waals surface area contributed by atoms with E-state index in [-0.39, 0.29) is 5.95 Å². The molecule has 6 heterocycles. The molecule has 3 N–H and O–H groups in total. The maximum Gasteiger partial charge on any atom is 0.243 e. The minimum atomic E-state index is 0.172. The van der Waals surface area contributed by atoms with Crippen LogP contribution in [0.1, 0.15) is 50.0 Å². The van der Waals surface area contributed by atoms with E-state index in [0.29, 0.717) is 115 Å². The maximum atomic E-state index is 6.10. The molecule has 23 heteroatoms. The van der Waals surface area contributed by atoms with Crippen molar-refractivity contribution < 1.29 is 33.2 Å². The molecular weight excluding hydrogens is 1070 g/mol. The van der Waals surface area contributed by atoms with Crippen molar-refractivity contribution in [2.24, 2.45) is 0 Å². The first kappa shape index (κ1) is 54.9. The summed E-state index contributed by atoms with van der Waals surface area (Å²) in [6.45, 7) is 4.78. The fourth-order valence-electron chi connectivity index (χ4n) is 8.63. The van der Waals surface area contributed by atoms with Crippen molar-refractivity contribution in [1.29, 1.82) is 0 Å². The first-order chi connectivity index (χ1) is 39.5. The Kier molecular flexibility index (Phi) is 17.3. The number of rotatable bonds is 22.